The van der Waals surface area contributed by atoms with Crippen LogP contribution in [0.3, 0.4) is 0 Å². The smallest absolute Gasteiger partial charge is 0.335 e. The zero-order valence-corrected chi connectivity index (χ0v) is 18.0. The maximum Gasteiger partial charge on any atom is 0.335 e. The Labute approximate surface area is 176 Å². The van der Waals surface area contributed by atoms with Crippen LogP contribution in [0, 0.1) is 0 Å². The maximum absolute atomic E-state index is 11.2. The minimum atomic E-state index is -0.902. The van der Waals surface area contributed by atoms with Crippen LogP contribution in [0.1, 0.15) is 62.0 Å². The number of aromatic carboxylic acids is 1. The topological polar surface area (TPSA) is 53.1 Å². The third-order valence-electron chi connectivity index (χ3n) is 7.05. The van der Waals surface area contributed by atoms with Crippen molar-refractivity contribution in [1.82, 2.24) is 4.98 Å². The molecule has 0 amide bonds. The van der Waals surface area contributed by atoms with Crippen molar-refractivity contribution in [2.45, 2.75) is 51.4 Å². The highest BCUT2D eigenvalue weighted by molar-refractivity contribution is 6.12. The van der Waals surface area contributed by atoms with Crippen LogP contribution >= 0.6 is 0 Å². The number of nitrogens with one attached hydrogen (secondary N) is 1. The molecule has 4 aromatic rings. The molecule has 1 aromatic heterocycles. The first kappa shape index (κ1) is 18.9. The molecule has 3 heteroatoms. The summed E-state index contributed by atoms with van der Waals surface area (Å²) < 4.78 is 0. The molecule has 3 nitrogen and oxygen atoms in total. The molecule has 5 rings (SSSR count). The van der Waals surface area contributed by atoms with Crippen LogP contribution < -0.4 is 0 Å². The van der Waals surface area contributed by atoms with Gasteiger partial charge in [-0.05, 0) is 64.6 Å². The highest BCUT2D eigenvalue weighted by Crippen LogP contribution is 2.48. The molecule has 0 aliphatic heterocycles. The Morgan fingerprint density at radius 3 is 2.13 bits per heavy atom. The number of hydrogen-bond acceptors (Lipinski definition) is 1. The molecule has 0 unspecified atom stereocenters. The van der Waals surface area contributed by atoms with E-state index in [0.29, 0.717) is 5.56 Å². The van der Waals surface area contributed by atoms with Gasteiger partial charge in [-0.15, -0.1) is 0 Å². The molecule has 0 spiro atoms. The average molecular weight is 398 g/mol. The van der Waals surface area contributed by atoms with Gasteiger partial charge in [-0.2, -0.15) is 0 Å². The van der Waals surface area contributed by atoms with Gasteiger partial charge in [0.2, 0.25) is 0 Å². The number of H-pyrrole nitrogens is 1. The number of carboxylic acids is 1. The van der Waals surface area contributed by atoms with E-state index in [1.165, 1.54) is 40.3 Å². The standard InChI is InChI=1S/C27H27NO2/c1-26(2)12-13-27(3,4)22-15-23-20(14-21(22)26)19-7-5-6-18(24(19)28-23)16-8-10-17(11-9-16)25(29)30/h5-11,14-15,28H,12-13H2,1-4H3,(H,29,30). The van der Waals surface area contributed by atoms with E-state index in [0.717, 1.165) is 16.6 Å². The normalized spacial score (nSPS) is 17.2. The van der Waals surface area contributed by atoms with Crippen molar-refractivity contribution in [2.75, 3.05) is 0 Å². The van der Waals surface area contributed by atoms with Gasteiger partial charge in [-0.1, -0.05) is 58.0 Å². The van der Waals surface area contributed by atoms with E-state index in [-0.39, 0.29) is 10.8 Å². The molecule has 0 saturated heterocycles. The number of hydrogen-bond donors (Lipinski definition) is 2. The molecule has 1 heterocycles. The number of rotatable bonds is 2. The van der Waals surface area contributed by atoms with Gasteiger partial charge in [0.05, 0.1) is 11.1 Å². The lowest BCUT2D eigenvalue weighted by molar-refractivity contribution is 0.0697. The summed E-state index contributed by atoms with van der Waals surface area (Å²) in [5.41, 5.74) is 7.95. The van der Waals surface area contributed by atoms with E-state index in [9.17, 15) is 9.90 Å². The van der Waals surface area contributed by atoms with Crippen molar-refractivity contribution in [3.8, 4) is 11.1 Å². The second-order valence-corrected chi connectivity index (χ2v) is 9.95. The summed E-state index contributed by atoms with van der Waals surface area (Å²) >= 11 is 0. The lowest BCUT2D eigenvalue weighted by Crippen LogP contribution is -2.33. The van der Waals surface area contributed by atoms with Gasteiger partial charge in [0.1, 0.15) is 0 Å². The second kappa shape index (κ2) is 6.21. The van der Waals surface area contributed by atoms with Crippen LogP contribution in [0.4, 0.5) is 0 Å². The van der Waals surface area contributed by atoms with Gasteiger partial charge in [-0.3, -0.25) is 0 Å². The fraction of sp³-hybridized carbons (Fsp3) is 0.296. The Morgan fingerprint density at radius 1 is 0.867 bits per heavy atom. The van der Waals surface area contributed by atoms with Crippen molar-refractivity contribution >= 4 is 27.8 Å². The Morgan fingerprint density at radius 2 is 1.50 bits per heavy atom. The van der Waals surface area contributed by atoms with Gasteiger partial charge in [0.25, 0.3) is 0 Å². The summed E-state index contributed by atoms with van der Waals surface area (Å²) in [6.45, 7) is 9.42. The van der Waals surface area contributed by atoms with Gasteiger partial charge in [0, 0.05) is 21.9 Å². The molecule has 1 aliphatic carbocycles. The Hall–Kier alpha value is -3.07. The first-order chi connectivity index (χ1) is 14.2. The number of para-hydroxylation sites is 1. The number of aromatic nitrogens is 1. The molecule has 0 atom stereocenters. The Bertz CT molecular complexity index is 1310. The maximum atomic E-state index is 11.2. The van der Waals surface area contributed by atoms with E-state index in [1.807, 2.05) is 12.1 Å². The molecule has 1 aliphatic rings. The Balaban J connectivity index is 1.76. The summed E-state index contributed by atoms with van der Waals surface area (Å²) in [5, 5.41) is 11.7. The van der Waals surface area contributed by atoms with Crippen LogP contribution in [0.5, 0.6) is 0 Å². The fourth-order valence-electron chi connectivity index (χ4n) is 5.02. The van der Waals surface area contributed by atoms with Gasteiger partial charge in [0.15, 0.2) is 0 Å². The monoisotopic (exact) mass is 397 g/mol. The molecule has 0 radical (unpaired) electrons. The molecule has 3 aromatic carbocycles. The van der Waals surface area contributed by atoms with Crippen LogP contribution in [-0.4, -0.2) is 16.1 Å². The molecule has 0 fully saturated rings. The number of aromatic amines is 1. The van der Waals surface area contributed by atoms with E-state index >= 15 is 0 Å². The summed E-state index contributed by atoms with van der Waals surface area (Å²) in [5.74, 6) is -0.902. The van der Waals surface area contributed by atoms with Gasteiger partial charge >= 0.3 is 5.97 Å². The van der Waals surface area contributed by atoms with E-state index < -0.39 is 5.97 Å². The Kier molecular flexibility index (Phi) is 3.92. The van der Waals surface area contributed by atoms with Crippen LogP contribution in [0.15, 0.2) is 54.6 Å². The van der Waals surface area contributed by atoms with E-state index in [4.69, 9.17) is 0 Å². The first-order valence-corrected chi connectivity index (χ1v) is 10.6. The van der Waals surface area contributed by atoms with Crippen molar-refractivity contribution < 1.29 is 9.90 Å². The predicted octanol–water partition coefficient (Wildman–Crippen LogP) is 7.04. The number of carboxylic acid groups (broad SMARTS) is 1. The SMILES string of the molecule is CC1(C)CCC(C)(C)c2cc3c(cc21)[nH]c1c(-c2ccc(C(=O)O)cc2)cccc13. The highest BCUT2D eigenvalue weighted by atomic mass is 16.4. The largest absolute Gasteiger partial charge is 0.478 e. The number of benzene rings is 3. The zero-order valence-electron chi connectivity index (χ0n) is 18.0. The van der Waals surface area contributed by atoms with Gasteiger partial charge in [-0.25, -0.2) is 4.79 Å². The summed E-state index contributed by atoms with van der Waals surface area (Å²) in [6.07, 6.45) is 2.39. The van der Waals surface area contributed by atoms with E-state index in [2.05, 4.69) is 63.0 Å². The third kappa shape index (κ3) is 2.76. The first-order valence-electron chi connectivity index (χ1n) is 10.6. The molecule has 0 bridgehead atoms. The molecule has 2 N–H and O–H groups in total. The van der Waals surface area contributed by atoms with Crippen molar-refractivity contribution in [3.05, 3.63) is 71.3 Å². The quantitative estimate of drug-likeness (QED) is 0.381. The molecule has 152 valence electrons. The molecule has 0 saturated carbocycles. The fourth-order valence-corrected chi connectivity index (χ4v) is 5.02. The lowest BCUT2D eigenvalue weighted by Gasteiger charge is -2.41. The second-order valence-electron chi connectivity index (χ2n) is 9.95. The molecular weight excluding hydrogens is 370 g/mol. The molecule has 30 heavy (non-hydrogen) atoms. The van der Waals surface area contributed by atoms with Crippen LogP contribution in [0.2, 0.25) is 0 Å². The zero-order chi connectivity index (χ0) is 21.3. The highest BCUT2D eigenvalue weighted by Gasteiger charge is 2.37. The number of carbonyl (C=O) groups is 1. The van der Waals surface area contributed by atoms with E-state index in [1.54, 1.807) is 12.1 Å². The van der Waals surface area contributed by atoms with Gasteiger partial charge < -0.3 is 10.1 Å². The predicted molar refractivity (Wildman–Crippen MR) is 123 cm³/mol. The van der Waals surface area contributed by atoms with Crippen molar-refractivity contribution in [2.24, 2.45) is 0 Å². The lowest BCUT2D eigenvalue weighted by atomic mass is 9.63. The van der Waals surface area contributed by atoms with Crippen molar-refractivity contribution in [1.29, 1.82) is 0 Å². The summed E-state index contributed by atoms with van der Waals surface area (Å²) in [4.78, 5) is 14.9. The molecular formula is C27H27NO2. The third-order valence-corrected chi connectivity index (χ3v) is 7.05. The van der Waals surface area contributed by atoms with Crippen LogP contribution in [0.25, 0.3) is 32.9 Å². The van der Waals surface area contributed by atoms with Crippen LogP contribution in [-0.2, 0) is 10.8 Å². The summed E-state index contributed by atoms with van der Waals surface area (Å²) in [7, 11) is 0. The number of fused-ring (bicyclic) bond motifs is 4. The summed E-state index contributed by atoms with van der Waals surface area (Å²) in [6, 6.07) is 18.3. The minimum Gasteiger partial charge on any atom is -0.478 e. The minimum absolute atomic E-state index is 0.172. The van der Waals surface area contributed by atoms with Crippen molar-refractivity contribution in [3.63, 3.8) is 0 Å². The average Bonchev–Trinajstić information content (AvgIpc) is 3.09.